The van der Waals surface area contributed by atoms with E-state index in [4.69, 9.17) is 0 Å². The quantitative estimate of drug-likeness (QED) is 0.466. The summed E-state index contributed by atoms with van der Waals surface area (Å²) >= 11 is 3.05. The summed E-state index contributed by atoms with van der Waals surface area (Å²) in [5.74, 6) is 0.257. The second-order valence-electron chi connectivity index (χ2n) is 4.32. The molecule has 0 atom stereocenters. The number of nitrogens with one attached hydrogen (secondary N) is 2. The minimum Gasteiger partial charge on any atom is -0.303 e. The molecule has 0 spiro atoms. The molecule has 0 aliphatic heterocycles. The number of hydrogen-bond acceptors (Lipinski definition) is 5. The van der Waals surface area contributed by atoms with Crippen molar-refractivity contribution in [3.63, 3.8) is 0 Å². The van der Waals surface area contributed by atoms with Crippen molar-refractivity contribution in [2.24, 2.45) is 0 Å². The van der Waals surface area contributed by atoms with Crippen LogP contribution in [0.3, 0.4) is 0 Å². The highest BCUT2D eigenvalue weighted by Crippen LogP contribution is 2.28. The predicted molar refractivity (Wildman–Crippen MR) is 90.2 cm³/mol. The first-order chi connectivity index (χ1) is 10.2. The molecule has 110 valence electrons. The molecule has 0 fully saturated rings. The summed E-state index contributed by atoms with van der Waals surface area (Å²) in [5, 5.41) is 0. The zero-order chi connectivity index (χ0) is 15.1. The van der Waals surface area contributed by atoms with E-state index in [0.717, 1.165) is 26.7 Å². The third-order valence-corrected chi connectivity index (χ3v) is 4.77. The van der Waals surface area contributed by atoms with Crippen molar-refractivity contribution < 1.29 is 4.79 Å². The van der Waals surface area contributed by atoms with Crippen molar-refractivity contribution in [3.8, 4) is 0 Å². The molecule has 1 aromatic carbocycles. The van der Waals surface area contributed by atoms with E-state index >= 15 is 0 Å². The van der Waals surface area contributed by atoms with E-state index in [2.05, 4.69) is 22.4 Å². The van der Waals surface area contributed by atoms with Gasteiger partial charge in [0.2, 0.25) is 5.91 Å². The summed E-state index contributed by atoms with van der Waals surface area (Å²) in [6.45, 7) is 5.53. The molecule has 0 aliphatic rings. The number of carbonyl (C=O) groups excluding carboxylic acids is 1. The Morgan fingerprint density at radius 1 is 1.43 bits per heavy atom. The lowest BCUT2D eigenvalue weighted by Crippen LogP contribution is -2.37. The summed E-state index contributed by atoms with van der Waals surface area (Å²) in [5.41, 5.74) is 7.40. The average Bonchev–Trinajstić information content (AvgIpc) is 2.91. The minimum atomic E-state index is -0.0781. The lowest BCUT2D eigenvalue weighted by molar-refractivity contribution is -0.119. The van der Waals surface area contributed by atoms with Gasteiger partial charge < -0.3 is 5.43 Å². The molecule has 2 rings (SSSR count). The number of thioether (sulfide) groups is 1. The summed E-state index contributed by atoms with van der Waals surface area (Å²) in [7, 11) is 0. The Morgan fingerprint density at radius 2 is 2.24 bits per heavy atom. The SMILES string of the molecule is C=CC/C=C(/C)NNC(=O)CSc1nc2ccccc2s1. The smallest absolute Gasteiger partial charge is 0.248 e. The van der Waals surface area contributed by atoms with E-state index in [1.54, 1.807) is 17.4 Å². The molecule has 2 N–H and O–H groups in total. The van der Waals surface area contributed by atoms with Crippen LogP contribution in [-0.4, -0.2) is 16.6 Å². The number of hydrogen-bond donors (Lipinski definition) is 2. The first kappa shape index (κ1) is 15.6. The number of fused-ring (bicyclic) bond motifs is 1. The Morgan fingerprint density at radius 3 is 3.00 bits per heavy atom. The van der Waals surface area contributed by atoms with Crippen molar-refractivity contribution in [1.29, 1.82) is 0 Å². The van der Waals surface area contributed by atoms with Crippen LogP contribution in [0.4, 0.5) is 0 Å². The number of thiazole rings is 1. The molecule has 6 heteroatoms. The van der Waals surface area contributed by atoms with Crippen LogP contribution in [-0.2, 0) is 4.79 Å². The van der Waals surface area contributed by atoms with Crippen LogP contribution in [0.1, 0.15) is 13.3 Å². The number of para-hydroxylation sites is 1. The lowest BCUT2D eigenvalue weighted by Gasteiger charge is -2.07. The molecular weight excluding hydrogens is 302 g/mol. The molecule has 0 aliphatic carbocycles. The topological polar surface area (TPSA) is 54.0 Å². The maximum atomic E-state index is 11.7. The lowest BCUT2D eigenvalue weighted by atomic mass is 10.3. The maximum Gasteiger partial charge on any atom is 0.248 e. The molecule has 1 heterocycles. The molecule has 21 heavy (non-hydrogen) atoms. The normalized spacial score (nSPS) is 11.4. The number of amides is 1. The van der Waals surface area contributed by atoms with Crippen LogP contribution in [0.2, 0.25) is 0 Å². The maximum absolute atomic E-state index is 11.7. The Labute approximate surface area is 132 Å². The van der Waals surface area contributed by atoms with Gasteiger partial charge in [-0.05, 0) is 25.5 Å². The third kappa shape index (κ3) is 4.91. The number of rotatable bonds is 7. The van der Waals surface area contributed by atoms with E-state index in [0.29, 0.717) is 5.75 Å². The molecule has 0 saturated heterocycles. The van der Waals surface area contributed by atoms with E-state index < -0.39 is 0 Å². The number of aromatic nitrogens is 1. The van der Waals surface area contributed by atoms with Crippen LogP contribution >= 0.6 is 23.1 Å². The zero-order valence-corrected chi connectivity index (χ0v) is 13.4. The van der Waals surface area contributed by atoms with E-state index in [-0.39, 0.29) is 5.91 Å². The van der Waals surface area contributed by atoms with Gasteiger partial charge in [0.15, 0.2) is 4.34 Å². The summed E-state index contributed by atoms with van der Waals surface area (Å²) in [4.78, 5) is 16.2. The van der Waals surface area contributed by atoms with Gasteiger partial charge in [-0.3, -0.25) is 10.2 Å². The van der Waals surface area contributed by atoms with Crippen molar-refractivity contribution in [1.82, 2.24) is 15.8 Å². The van der Waals surface area contributed by atoms with Gasteiger partial charge in [0.1, 0.15) is 0 Å². The number of benzene rings is 1. The molecule has 0 bridgehead atoms. The standard InChI is InChI=1S/C15H17N3OS2/c1-3-4-7-11(2)17-18-14(19)10-20-15-16-12-8-5-6-9-13(12)21-15/h3,5-9,17H,1,4,10H2,2H3,(H,18,19)/b11-7-. The van der Waals surface area contributed by atoms with Crippen molar-refractivity contribution in [2.45, 2.75) is 17.7 Å². The number of nitrogens with zero attached hydrogens (tertiary/aromatic N) is 1. The average molecular weight is 319 g/mol. The highest BCUT2D eigenvalue weighted by molar-refractivity contribution is 8.01. The van der Waals surface area contributed by atoms with E-state index in [1.165, 1.54) is 11.8 Å². The van der Waals surface area contributed by atoms with Crippen LogP contribution in [0, 0.1) is 0 Å². The molecule has 0 radical (unpaired) electrons. The van der Waals surface area contributed by atoms with Crippen LogP contribution in [0.25, 0.3) is 10.2 Å². The van der Waals surface area contributed by atoms with Crippen LogP contribution < -0.4 is 10.9 Å². The fourth-order valence-electron chi connectivity index (χ4n) is 1.56. The molecule has 4 nitrogen and oxygen atoms in total. The largest absolute Gasteiger partial charge is 0.303 e. The fourth-order valence-corrected chi connectivity index (χ4v) is 3.42. The first-order valence-electron chi connectivity index (χ1n) is 6.50. The predicted octanol–water partition coefficient (Wildman–Crippen LogP) is 3.49. The summed E-state index contributed by atoms with van der Waals surface area (Å²) in [6.07, 6.45) is 4.53. The molecule has 1 amide bonds. The van der Waals surface area contributed by atoms with Gasteiger partial charge in [0.05, 0.1) is 16.0 Å². The number of carbonyl (C=O) groups is 1. The highest BCUT2D eigenvalue weighted by atomic mass is 32.2. The van der Waals surface area contributed by atoms with Crippen LogP contribution in [0.15, 0.2) is 53.0 Å². The van der Waals surface area contributed by atoms with Gasteiger partial charge >= 0.3 is 0 Å². The number of allylic oxidation sites excluding steroid dienone is 3. The molecule has 1 aromatic heterocycles. The second-order valence-corrected chi connectivity index (χ2v) is 6.57. The Bertz CT molecular complexity index is 631. The van der Waals surface area contributed by atoms with Gasteiger partial charge in [-0.1, -0.05) is 36.0 Å². The van der Waals surface area contributed by atoms with Gasteiger partial charge in [-0.2, -0.15) is 0 Å². The highest BCUT2D eigenvalue weighted by Gasteiger charge is 2.07. The monoisotopic (exact) mass is 319 g/mol. The van der Waals surface area contributed by atoms with Crippen LogP contribution in [0.5, 0.6) is 0 Å². The Hall–Kier alpha value is -1.79. The van der Waals surface area contributed by atoms with Crippen molar-refractivity contribution in [2.75, 3.05) is 5.75 Å². The fraction of sp³-hybridized carbons (Fsp3) is 0.200. The van der Waals surface area contributed by atoms with Crippen molar-refractivity contribution >= 4 is 39.2 Å². The Kier molecular flexibility index (Phi) is 5.83. The molecule has 0 unspecified atom stereocenters. The summed E-state index contributed by atoms with van der Waals surface area (Å²) < 4.78 is 2.05. The summed E-state index contributed by atoms with van der Waals surface area (Å²) in [6, 6.07) is 7.97. The number of hydrazine groups is 1. The minimum absolute atomic E-state index is 0.0781. The first-order valence-corrected chi connectivity index (χ1v) is 8.30. The second kappa shape index (κ2) is 7.85. The van der Waals surface area contributed by atoms with E-state index in [9.17, 15) is 4.79 Å². The zero-order valence-electron chi connectivity index (χ0n) is 11.8. The van der Waals surface area contributed by atoms with Crippen molar-refractivity contribution in [3.05, 3.63) is 48.7 Å². The molecular formula is C15H17N3OS2. The van der Waals surface area contributed by atoms with Gasteiger partial charge in [0.25, 0.3) is 0 Å². The van der Waals surface area contributed by atoms with Gasteiger partial charge in [-0.25, -0.2) is 4.98 Å². The molecule has 2 aromatic rings. The van der Waals surface area contributed by atoms with Gasteiger partial charge in [0, 0.05) is 5.70 Å². The molecule has 0 saturated carbocycles. The Balaban J connectivity index is 1.79. The third-order valence-electron chi connectivity index (χ3n) is 2.59. The van der Waals surface area contributed by atoms with Gasteiger partial charge in [-0.15, -0.1) is 17.9 Å². The van der Waals surface area contributed by atoms with E-state index in [1.807, 2.05) is 37.3 Å².